The molecule has 0 radical (unpaired) electrons. The Bertz CT molecular complexity index is 809. The second-order valence-corrected chi connectivity index (χ2v) is 6.38. The summed E-state index contributed by atoms with van der Waals surface area (Å²) in [7, 11) is 0. The fourth-order valence-corrected chi connectivity index (χ4v) is 3.04. The van der Waals surface area contributed by atoms with Crippen LogP contribution in [0.1, 0.15) is 29.4 Å². The van der Waals surface area contributed by atoms with Gasteiger partial charge in [-0.1, -0.05) is 25.1 Å². The van der Waals surface area contributed by atoms with Gasteiger partial charge in [0.05, 0.1) is 11.4 Å². The number of carbonyl (C=O) groups excluding carboxylic acids is 1. The lowest BCUT2D eigenvalue weighted by atomic mass is 10.2. The Morgan fingerprint density at radius 2 is 2.08 bits per heavy atom. The molecule has 1 N–H and O–H groups in total. The summed E-state index contributed by atoms with van der Waals surface area (Å²) in [4.78, 5) is 13.4. The molecule has 0 saturated carbocycles. The number of carbonyl (C=O) groups is 1. The minimum atomic E-state index is -0.278. The lowest BCUT2D eigenvalue weighted by Gasteiger charge is -2.08. The lowest BCUT2D eigenvalue weighted by Crippen LogP contribution is -2.27. The van der Waals surface area contributed by atoms with Gasteiger partial charge in [0.1, 0.15) is 17.2 Å². The van der Waals surface area contributed by atoms with Gasteiger partial charge in [0.25, 0.3) is 5.91 Å². The maximum Gasteiger partial charge on any atom is 0.269 e. The molecule has 24 heavy (non-hydrogen) atoms. The van der Waals surface area contributed by atoms with Crippen LogP contribution >= 0.6 is 11.3 Å². The van der Waals surface area contributed by atoms with Crippen LogP contribution in [0, 0.1) is 5.82 Å². The Morgan fingerprint density at radius 1 is 1.29 bits per heavy atom. The molecule has 0 aliphatic carbocycles. The Labute approximate surface area is 143 Å². The van der Waals surface area contributed by atoms with Crippen LogP contribution in [0.25, 0.3) is 10.6 Å². The number of hydrogen-bond donors (Lipinski definition) is 1. The van der Waals surface area contributed by atoms with E-state index < -0.39 is 0 Å². The zero-order valence-corrected chi connectivity index (χ0v) is 14.1. The Hall–Kier alpha value is -2.47. The van der Waals surface area contributed by atoms with Crippen molar-refractivity contribution in [3.05, 3.63) is 64.9 Å². The molecule has 6 heteroatoms. The summed E-state index contributed by atoms with van der Waals surface area (Å²) in [5.41, 5.74) is 2.17. The maximum absolute atomic E-state index is 13.1. The number of benzene rings is 1. The molecule has 0 aliphatic rings. The molecule has 0 bridgehead atoms. The van der Waals surface area contributed by atoms with Gasteiger partial charge in [0.15, 0.2) is 0 Å². The van der Waals surface area contributed by atoms with Crippen LogP contribution in [0.2, 0.25) is 0 Å². The lowest BCUT2D eigenvalue weighted by molar-refractivity contribution is 0.0943. The molecule has 4 nitrogen and oxygen atoms in total. The highest BCUT2D eigenvalue weighted by molar-refractivity contribution is 7.13. The van der Waals surface area contributed by atoms with Gasteiger partial charge in [-0.3, -0.25) is 9.48 Å². The molecule has 3 rings (SSSR count). The molecule has 2 aromatic heterocycles. The number of hydrogen-bond acceptors (Lipinski definition) is 3. The zero-order valence-electron chi connectivity index (χ0n) is 13.3. The molecule has 0 saturated heterocycles. The summed E-state index contributed by atoms with van der Waals surface area (Å²) in [6.45, 7) is 3.04. The van der Waals surface area contributed by atoms with Crippen molar-refractivity contribution in [2.24, 2.45) is 0 Å². The van der Waals surface area contributed by atoms with Crippen molar-refractivity contribution in [3.8, 4) is 10.6 Å². The average molecular weight is 343 g/mol. The van der Waals surface area contributed by atoms with Crippen LogP contribution in [-0.4, -0.2) is 22.2 Å². The van der Waals surface area contributed by atoms with Crippen molar-refractivity contribution in [1.82, 2.24) is 15.1 Å². The highest BCUT2D eigenvalue weighted by Gasteiger charge is 2.16. The third kappa shape index (κ3) is 3.71. The molecule has 0 fully saturated rings. The highest BCUT2D eigenvalue weighted by Crippen LogP contribution is 2.24. The molecule has 2 heterocycles. The third-order valence-electron chi connectivity index (χ3n) is 3.57. The highest BCUT2D eigenvalue weighted by atomic mass is 32.1. The number of nitrogens with one attached hydrogen (secondary N) is 1. The molecule has 1 amide bonds. The van der Waals surface area contributed by atoms with Gasteiger partial charge in [-0.05, 0) is 41.6 Å². The Kier molecular flexibility index (Phi) is 5.05. The van der Waals surface area contributed by atoms with Crippen molar-refractivity contribution in [2.75, 3.05) is 6.54 Å². The van der Waals surface area contributed by atoms with Gasteiger partial charge in [-0.15, -0.1) is 11.3 Å². The fourth-order valence-electron chi connectivity index (χ4n) is 2.36. The number of aromatic nitrogens is 2. The van der Waals surface area contributed by atoms with E-state index in [1.165, 1.54) is 12.1 Å². The van der Waals surface area contributed by atoms with Crippen LogP contribution in [-0.2, 0) is 6.54 Å². The molecular formula is C18H18FN3OS. The topological polar surface area (TPSA) is 46.9 Å². The molecule has 0 aliphatic heterocycles. The van der Waals surface area contributed by atoms with Crippen LogP contribution < -0.4 is 5.32 Å². The summed E-state index contributed by atoms with van der Waals surface area (Å²) in [5, 5.41) is 9.44. The van der Waals surface area contributed by atoms with Gasteiger partial charge in [-0.2, -0.15) is 5.10 Å². The summed E-state index contributed by atoms with van der Waals surface area (Å²) in [6.07, 6.45) is 0.871. The maximum atomic E-state index is 13.1. The van der Waals surface area contributed by atoms with Gasteiger partial charge in [0, 0.05) is 6.54 Å². The predicted octanol–water partition coefficient (Wildman–Crippen LogP) is 3.94. The first-order valence-electron chi connectivity index (χ1n) is 7.81. The fraction of sp³-hybridized carbons (Fsp3) is 0.222. The van der Waals surface area contributed by atoms with Crippen LogP contribution in [0.5, 0.6) is 0 Å². The standard InChI is InChI=1S/C18H18FN3OS/c1-2-9-20-18(23)16-11-15(17-4-3-10-24-17)21-22(16)12-13-5-7-14(19)8-6-13/h3-8,10-11H,2,9,12H2,1H3,(H,20,23). The van der Waals surface area contributed by atoms with Crippen LogP contribution in [0.3, 0.4) is 0 Å². The van der Waals surface area contributed by atoms with Gasteiger partial charge in [0.2, 0.25) is 0 Å². The van der Waals surface area contributed by atoms with E-state index >= 15 is 0 Å². The number of nitrogens with zero attached hydrogens (tertiary/aromatic N) is 2. The monoisotopic (exact) mass is 343 g/mol. The minimum absolute atomic E-state index is 0.144. The van der Waals surface area contributed by atoms with Gasteiger partial charge < -0.3 is 5.32 Å². The first-order valence-corrected chi connectivity index (χ1v) is 8.69. The molecule has 0 unspecified atom stereocenters. The van der Waals surface area contributed by atoms with E-state index in [0.29, 0.717) is 18.8 Å². The molecule has 124 valence electrons. The van der Waals surface area contributed by atoms with Gasteiger partial charge in [-0.25, -0.2) is 4.39 Å². The quantitative estimate of drug-likeness (QED) is 0.737. The number of halogens is 1. The summed E-state index contributed by atoms with van der Waals surface area (Å²) < 4.78 is 14.8. The molecular weight excluding hydrogens is 325 g/mol. The first-order chi connectivity index (χ1) is 11.7. The van der Waals surface area contributed by atoms with Crippen molar-refractivity contribution < 1.29 is 9.18 Å². The predicted molar refractivity (Wildman–Crippen MR) is 93.7 cm³/mol. The van der Waals surface area contributed by atoms with E-state index in [-0.39, 0.29) is 11.7 Å². The normalized spacial score (nSPS) is 10.8. The van der Waals surface area contributed by atoms with E-state index in [1.807, 2.05) is 24.4 Å². The van der Waals surface area contributed by atoms with Gasteiger partial charge >= 0.3 is 0 Å². The smallest absolute Gasteiger partial charge is 0.269 e. The summed E-state index contributed by atoms with van der Waals surface area (Å²) in [5.74, 6) is -0.423. The Morgan fingerprint density at radius 3 is 2.75 bits per heavy atom. The zero-order chi connectivity index (χ0) is 16.9. The van der Waals surface area contributed by atoms with E-state index in [4.69, 9.17) is 0 Å². The number of thiophene rings is 1. The van der Waals surface area contributed by atoms with Crippen molar-refractivity contribution in [2.45, 2.75) is 19.9 Å². The Balaban J connectivity index is 1.92. The molecule has 1 aromatic carbocycles. The third-order valence-corrected chi connectivity index (χ3v) is 4.46. The molecule has 0 spiro atoms. The van der Waals surface area contributed by atoms with E-state index in [0.717, 1.165) is 22.6 Å². The first kappa shape index (κ1) is 16.4. The average Bonchev–Trinajstić information content (AvgIpc) is 3.24. The van der Waals surface area contributed by atoms with Crippen molar-refractivity contribution in [1.29, 1.82) is 0 Å². The van der Waals surface area contributed by atoms with E-state index in [9.17, 15) is 9.18 Å². The minimum Gasteiger partial charge on any atom is -0.351 e. The SMILES string of the molecule is CCCNC(=O)c1cc(-c2cccs2)nn1Cc1ccc(F)cc1. The molecule has 0 atom stereocenters. The molecule has 3 aromatic rings. The summed E-state index contributed by atoms with van der Waals surface area (Å²) >= 11 is 1.58. The second kappa shape index (κ2) is 7.40. The van der Waals surface area contributed by atoms with Crippen molar-refractivity contribution >= 4 is 17.2 Å². The van der Waals surface area contributed by atoms with E-state index in [1.54, 1.807) is 34.2 Å². The largest absolute Gasteiger partial charge is 0.351 e. The van der Waals surface area contributed by atoms with Crippen molar-refractivity contribution in [3.63, 3.8) is 0 Å². The van der Waals surface area contributed by atoms with E-state index in [2.05, 4.69) is 10.4 Å². The summed E-state index contributed by atoms with van der Waals surface area (Å²) in [6, 6.07) is 12.0. The number of rotatable bonds is 6. The second-order valence-electron chi connectivity index (χ2n) is 5.43. The van der Waals surface area contributed by atoms with Crippen LogP contribution in [0.15, 0.2) is 47.8 Å². The van der Waals surface area contributed by atoms with Crippen LogP contribution in [0.4, 0.5) is 4.39 Å². The number of amides is 1.